The Kier molecular flexibility index (Phi) is 10.7. The van der Waals surface area contributed by atoms with E-state index in [0.29, 0.717) is 12.5 Å². The molecule has 70 valence electrons. The van der Waals surface area contributed by atoms with E-state index < -0.39 is 0 Å². The van der Waals surface area contributed by atoms with Crippen LogP contribution < -0.4 is 0 Å². The molecule has 0 spiro atoms. The Balaban J connectivity index is 0. The highest BCUT2D eigenvalue weighted by Crippen LogP contribution is 1.92. The Morgan fingerprint density at radius 3 is 2.33 bits per heavy atom. The maximum atomic E-state index is 10.4. The summed E-state index contributed by atoms with van der Waals surface area (Å²) in [7, 11) is 0. The third-order valence-electron chi connectivity index (χ3n) is 0.726. The van der Waals surface area contributed by atoms with Crippen LogP contribution in [0.1, 0.15) is 13.8 Å². The van der Waals surface area contributed by atoms with Crippen molar-refractivity contribution < 1.29 is 19.4 Å². The zero-order chi connectivity index (χ0) is 9.98. The van der Waals surface area contributed by atoms with Gasteiger partial charge in [-0.1, -0.05) is 20.4 Å². The highest BCUT2D eigenvalue weighted by molar-refractivity contribution is 5.81. The van der Waals surface area contributed by atoms with E-state index >= 15 is 0 Å². The van der Waals surface area contributed by atoms with Crippen LogP contribution in [-0.2, 0) is 14.3 Å². The summed E-state index contributed by atoms with van der Waals surface area (Å²) in [6.45, 7) is 7.46. The van der Waals surface area contributed by atoms with Crippen molar-refractivity contribution in [2.45, 2.75) is 13.8 Å². The van der Waals surface area contributed by atoms with Crippen molar-refractivity contribution in [1.29, 1.82) is 0 Å². The van der Waals surface area contributed by atoms with Crippen LogP contribution >= 0.6 is 0 Å². The maximum Gasteiger partial charge on any atom is 0.330 e. The number of hydrogen-bond donors (Lipinski definition) is 1. The molecule has 0 heterocycles. The van der Waals surface area contributed by atoms with Gasteiger partial charge < -0.3 is 9.84 Å². The smallest absolute Gasteiger partial charge is 0.330 e. The molecule has 0 rings (SSSR count). The molecule has 0 radical (unpaired) electrons. The zero-order valence-electron chi connectivity index (χ0n) is 7.32. The summed E-state index contributed by atoms with van der Waals surface area (Å²) in [5.41, 5.74) is 0. The number of esters is 1. The van der Waals surface area contributed by atoms with Gasteiger partial charge in [0.2, 0.25) is 0 Å². The average molecular weight is 174 g/mol. The van der Waals surface area contributed by atoms with E-state index in [4.69, 9.17) is 14.6 Å². The molecular weight excluding hydrogens is 160 g/mol. The van der Waals surface area contributed by atoms with Crippen molar-refractivity contribution in [3.05, 3.63) is 12.7 Å². The molecule has 0 saturated carbocycles. The fourth-order valence-corrected chi connectivity index (χ4v) is 0.308. The van der Waals surface area contributed by atoms with Crippen molar-refractivity contribution in [3.63, 3.8) is 0 Å². The highest BCUT2D eigenvalue weighted by atomic mass is 16.5. The third-order valence-corrected chi connectivity index (χ3v) is 0.726. The fraction of sp³-hybridized carbons (Fsp3) is 0.500. The maximum absolute atomic E-state index is 10.4. The third kappa shape index (κ3) is 15.9. The molecular formula is C8H14O4. The minimum atomic E-state index is -0.344. The number of carbonyl (C=O) groups is 2. The van der Waals surface area contributed by atoms with Crippen LogP contribution in [0.15, 0.2) is 12.7 Å². The monoisotopic (exact) mass is 174 g/mol. The Labute approximate surface area is 71.8 Å². The second-order valence-corrected chi connectivity index (χ2v) is 2.33. The predicted molar refractivity (Wildman–Crippen MR) is 44.7 cm³/mol. The first-order valence-corrected chi connectivity index (χ1v) is 3.45. The molecule has 0 aliphatic rings. The molecule has 4 heteroatoms. The van der Waals surface area contributed by atoms with Gasteiger partial charge in [0.1, 0.15) is 0 Å². The molecule has 0 amide bonds. The van der Waals surface area contributed by atoms with Crippen LogP contribution in [0, 0.1) is 5.92 Å². The largest absolute Gasteiger partial charge is 0.483 e. The molecule has 0 saturated heterocycles. The predicted octanol–water partition coefficient (Wildman–Crippen LogP) is 1.07. The van der Waals surface area contributed by atoms with E-state index in [1.54, 1.807) is 0 Å². The lowest BCUT2D eigenvalue weighted by atomic mass is 10.2. The van der Waals surface area contributed by atoms with Gasteiger partial charge in [-0.2, -0.15) is 0 Å². The standard InChI is InChI=1S/C7H12O2.CH2O2/c1-4-7(8)9-5-6(2)3;2-1-3/h4,6H,1,5H2,2-3H3;1H,(H,2,3). The topological polar surface area (TPSA) is 63.6 Å². The summed E-state index contributed by atoms with van der Waals surface area (Å²) in [6, 6.07) is 0. The van der Waals surface area contributed by atoms with Crippen molar-refractivity contribution >= 4 is 12.4 Å². The van der Waals surface area contributed by atoms with E-state index in [1.807, 2.05) is 13.8 Å². The van der Waals surface area contributed by atoms with Crippen LogP contribution in [0.3, 0.4) is 0 Å². The van der Waals surface area contributed by atoms with Gasteiger partial charge in [-0.05, 0) is 5.92 Å². The number of ether oxygens (including phenoxy) is 1. The Hall–Kier alpha value is -1.32. The van der Waals surface area contributed by atoms with Crippen molar-refractivity contribution in [2.24, 2.45) is 5.92 Å². The molecule has 0 aliphatic carbocycles. The molecule has 0 fully saturated rings. The average Bonchev–Trinajstić information content (AvgIpc) is 2.01. The first-order chi connectivity index (χ1) is 5.58. The number of carbonyl (C=O) groups excluding carboxylic acids is 1. The summed E-state index contributed by atoms with van der Waals surface area (Å²) in [5, 5.41) is 6.89. The van der Waals surface area contributed by atoms with Gasteiger partial charge in [0.25, 0.3) is 6.47 Å². The molecule has 0 aromatic carbocycles. The van der Waals surface area contributed by atoms with Gasteiger partial charge >= 0.3 is 5.97 Å². The summed E-state index contributed by atoms with van der Waals surface area (Å²) in [6.07, 6.45) is 1.17. The van der Waals surface area contributed by atoms with E-state index in [9.17, 15) is 4.79 Å². The van der Waals surface area contributed by atoms with Crippen LogP contribution in [0.25, 0.3) is 0 Å². The van der Waals surface area contributed by atoms with Gasteiger partial charge in [-0.25, -0.2) is 4.79 Å². The Morgan fingerprint density at radius 2 is 2.08 bits per heavy atom. The van der Waals surface area contributed by atoms with Gasteiger partial charge in [0, 0.05) is 6.08 Å². The van der Waals surface area contributed by atoms with Crippen molar-refractivity contribution in [3.8, 4) is 0 Å². The summed E-state index contributed by atoms with van der Waals surface area (Å²) in [5.74, 6) is 0.0533. The lowest BCUT2D eigenvalue weighted by Crippen LogP contribution is -2.06. The SMILES string of the molecule is C=CC(=O)OCC(C)C.O=CO. The zero-order valence-corrected chi connectivity index (χ0v) is 7.32. The molecule has 0 aromatic rings. The van der Waals surface area contributed by atoms with E-state index in [2.05, 4.69) is 6.58 Å². The van der Waals surface area contributed by atoms with Gasteiger partial charge in [0.05, 0.1) is 6.61 Å². The molecule has 0 unspecified atom stereocenters. The van der Waals surface area contributed by atoms with E-state index in [-0.39, 0.29) is 12.4 Å². The van der Waals surface area contributed by atoms with Crippen LogP contribution in [-0.4, -0.2) is 24.2 Å². The second-order valence-electron chi connectivity index (χ2n) is 2.33. The second kappa shape index (κ2) is 9.68. The van der Waals surface area contributed by atoms with Crippen molar-refractivity contribution in [1.82, 2.24) is 0 Å². The molecule has 1 N–H and O–H groups in total. The lowest BCUT2D eigenvalue weighted by Gasteiger charge is -2.02. The number of hydrogen-bond acceptors (Lipinski definition) is 3. The van der Waals surface area contributed by atoms with Crippen LogP contribution in [0.4, 0.5) is 0 Å². The van der Waals surface area contributed by atoms with Crippen LogP contribution in [0.2, 0.25) is 0 Å². The fourth-order valence-electron chi connectivity index (χ4n) is 0.308. The number of rotatable bonds is 3. The Bertz CT molecular complexity index is 140. The lowest BCUT2D eigenvalue weighted by molar-refractivity contribution is -0.138. The Morgan fingerprint density at radius 1 is 1.67 bits per heavy atom. The molecule has 0 atom stereocenters. The van der Waals surface area contributed by atoms with Gasteiger partial charge in [-0.3, -0.25) is 4.79 Å². The summed E-state index contributed by atoms with van der Waals surface area (Å²) >= 11 is 0. The van der Waals surface area contributed by atoms with E-state index in [0.717, 1.165) is 0 Å². The van der Waals surface area contributed by atoms with Crippen molar-refractivity contribution in [2.75, 3.05) is 6.61 Å². The minimum Gasteiger partial charge on any atom is -0.483 e. The first kappa shape index (κ1) is 13.3. The van der Waals surface area contributed by atoms with Gasteiger partial charge in [0.15, 0.2) is 0 Å². The highest BCUT2D eigenvalue weighted by Gasteiger charge is 1.96. The summed E-state index contributed by atoms with van der Waals surface area (Å²) in [4.78, 5) is 18.7. The first-order valence-electron chi connectivity index (χ1n) is 3.45. The molecule has 4 nitrogen and oxygen atoms in total. The van der Waals surface area contributed by atoms with Crippen LogP contribution in [0.5, 0.6) is 0 Å². The molecule has 0 bridgehead atoms. The molecule has 12 heavy (non-hydrogen) atoms. The minimum absolute atomic E-state index is 0.250. The van der Waals surface area contributed by atoms with Gasteiger partial charge in [-0.15, -0.1) is 0 Å². The quantitative estimate of drug-likeness (QED) is 0.395. The number of carboxylic acid groups (broad SMARTS) is 1. The molecule has 0 aromatic heterocycles. The van der Waals surface area contributed by atoms with E-state index in [1.165, 1.54) is 6.08 Å². The normalized spacial score (nSPS) is 7.92. The molecule has 0 aliphatic heterocycles. The summed E-state index contributed by atoms with van der Waals surface area (Å²) < 4.78 is 4.70.